The highest BCUT2D eigenvalue weighted by Gasteiger charge is 2.14. The minimum absolute atomic E-state index is 0.0736. The molecule has 0 aliphatic rings. The van der Waals surface area contributed by atoms with Gasteiger partial charge < -0.3 is 16.2 Å². The van der Waals surface area contributed by atoms with Crippen molar-refractivity contribution in [1.82, 2.24) is 4.72 Å². The standard InChI is InChI=1S/C12H21N3O3S/c1-9(16)4-3-7-15-10-5-6-12(11(13)8-10)19(17,18)14-2/h5-6,8-9,14-16H,3-4,7,13H2,1-2H3. The van der Waals surface area contributed by atoms with Crippen LogP contribution in [0.2, 0.25) is 0 Å². The number of sulfonamides is 1. The minimum Gasteiger partial charge on any atom is -0.398 e. The monoisotopic (exact) mass is 287 g/mol. The van der Waals surface area contributed by atoms with E-state index in [2.05, 4.69) is 10.0 Å². The molecule has 0 aliphatic heterocycles. The number of rotatable bonds is 7. The first-order valence-corrected chi connectivity index (χ1v) is 7.60. The molecule has 0 fully saturated rings. The first-order valence-electron chi connectivity index (χ1n) is 6.12. The molecule has 1 rings (SSSR count). The van der Waals surface area contributed by atoms with Gasteiger partial charge in [-0.2, -0.15) is 0 Å². The van der Waals surface area contributed by atoms with Crippen LogP contribution in [0.3, 0.4) is 0 Å². The number of nitrogens with one attached hydrogen (secondary N) is 2. The van der Waals surface area contributed by atoms with Crippen LogP contribution in [-0.4, -0.2) is 33.2 Å². The van der Waals surface area contributed by atoms with E-state index in [1.807, 2.05) is 0 Å². The van der Waals surface area contributed by atoms with Gasteiger partial charge in [-0.05, 0) is 45.0 Å². The molecule has 0 saturated heterocycles. The molecule has 1 aromatic rings. The summed E-state index contributed by atoms with van der Waals surface area (Å²) in [5.41, 5.74) is 6.70. The predicted octanol–water partition coefficient (Wildman–Crippen LogP) is 0.750. The highest BCUT2D eigenvalue weighted by Crippen LogP contribution is 2.22. The Balaban J connectivity index is 2.67. The van der Waals surface area contributed by atoms with Gasteiger partial charge in [0, 0.05) is 12.2 Å². The maximum atomic E-state index is 11.6. The predicted molar refractivity (Wildman–Crippen MR) is 76.5 cm³/mol. The smallest absolute Gasteiger partial charge is 0.242 e. The van der Waals surface area contributed by atoms with Gasteiger partial charge in [0.05, 0.1) is 11.8 Å². The summed E-state index contributed by atoms with van der Waals surface area (Å²) < 4.78 is 25.5. The van der Waals surface area contributed by atoms with Gasteiger partial charge in [-0.3, -0.25) is 0 Å². The van der Waals surface area contributed by atoms with Crippen molar-refractivity contribution in [3.8, 4) is 0 Å². The van der Waals surface area contributed by atoms with E-state index in [0.29, 0.717) is 13.0 Å². The fourth-order valence-corrected chi connectivity index (χ4v) is 2.48. The van der Waals surface area contributed by atoms with Crippen LogP contribution < -0.4 is 15.8 Å². The van der Waals surface area contributed by atoms with E-state index in [9.17, 15) is 8.42 Å². The Morgan fingerprint density at radius 1 is 1.42 bits per heavy atom. The van der Waals surface area contributed by atoms with E-state index in [1.165, 1.54) is 13.1 Å². The van der Waals surface area contributed by atoms with Gasteiger partial charge in [-0.1, -0.05) is 0 Å². The van der Waals surface area contributed by atoms with Gasteiger partial charge in [-0.15, -0.1) is 0 Å². The number of hydrogen-bond donors (Lipinski definition) is 4. The molecule has 0 bridgehead atoms. The quantitative estimate of drug-likeness (QED) is 0.437. The highest BCUT2D eigenvalue weighted by molar-refractivity contribution is 7.89. The molecular formula is C12H21N3O3S. The Labute approximate surface area is 114 Å². The molecule has 1 unspecified atom stereocenters. The molecule has 0 amide bonds. The first-order chi connectivity index (χ1) is 8.86. The Hall–Kier alpha value is -1.31. The second kappa shape index (κ2) is 6.74. The van der Waals surface area contributed by atoms with Gasteiger partial charge in [0.1, 0.15) is 4.90 Å². The minimum atomic E-state index is -3.52. The van der Waals surface area contributed by atoms with E-state index >= 15 is 0 Å². The fourth-order valence-electron chi connectivity index (χ4n) is 1.64. The normalized spacial score (nSPS) is 13.2. The SMILES string of the molecule is CNS(=O)(=O)c1ccc(NCCCC(C)O)cc1N. The van der Waals surface area contributed by atoms with Crippen LogP contribution in [-0.2, 0) is 10.0 Å². The average molecular weight is 287 g/mol. The second-order valence-corrected chi connectivity index (χ2v) is 6.23. The van der Waals surface area contributed by atoms with Crippen molar-refractivity contribution in [2.75, 3.05) is 24.6 Å². The van der Waals surface area contributed by atoms with Crippen LogP contribution in [0.25, 0.3) is 0 Å². The van der Waals surface area contributed by atoms with E-state index < -0.39 is 10.0 Å². The zero-order chi connectivity index (χ0) is 14.5. The van der Waals surface area contributed by atoms with Crippen LogP contribution in [0, 0.1) is 0 Å². The lowest BCUT2D eigenvalue weighted by Gasteiger charge is -2.11. The lowest BCUT2D eigenvalue weighted by atomic mass is 10.2. The Morgan fingerprint density at radius 3 is 2.63 bits per heavy atom. The molecule has 1 aromatic carbocycles. The third-order valence-electron chi connectivity index (χ3n) is 2.70. The van der Waals surface area contributed by atoms with Gasteiger partial charge in [-0.25, -0.2) is 13.1 Å². The third kappa shape index (κ3) is 4.70. The molecule has 0 aliphatic carbocycles. The van der Waals surface area contributed by atoms with E-state index in [1.54, 1.807) is 19.1 Å². The van der Waals surface area contributed by atoms with Crippen LogP contribution in [0.5, 0.6) is 0 Å². The fraction of sp³-hybridized carbons (Fsp3) is 0.500. The topological polar surface area (TPSA) is 104 Å². The molecule has 19 heavy (non-hydrogen) atoms. The summed E-state index contributed by atoms with van der Waals surface area (Å²) in [7, 11) is -2.17. The van der Waals surface area contributed by atoms with E-state index in [4.69, 9.17) is 10.8 Å². The zero-order valence-corrected chi connectivity index (χ0v) is 12.0. The molecule has 108 valence electrons. The van der Waals surface area contributed by atoms with Crippen LogP contribution >= 0.6 is 0 Å². The molecule has 6 nitrogen and oxygen atoms in total. The van der Waals surface area contributed by atoms with Gasteiger partial charge in [0.25, 0.3) is 0 Å². The maximum absolute atomic E-state index is 11.6. The van der Waals surface area contributed by atoms with Crippen molar-refractivity contribution < 1.29 is 13.5 Å². The van der Waals surface area contributed by atoms with Crippen molar-refractivity contribution >= 4 is 21.4 Å². The molecule has 0 saturated carbocycles. The number of hydrogen-bond acceptors (Lipinski definition) is 5. The largest absolute Gasteiger partial charge is 0.398 e. The second-order valence-electron chi connectivity index (χ2n) is 4.38. The molecule has 1 atom stereocenters. The van der Waals surface area contributed by atoms with Gasteiger partial charge in [0.2, 0.25) is 10.0 Å². The summed E-state index contributed by atoms with van der Waals surface area (Å²) in [6.45, 7) is 2.44. The summed E-state index contributed by atoms with van der Waals surface area (Å²) >= 11 is 0. The molecule has 0 spiro atoms. The van der Waals surface area contributed by atoms with E-state index in [-0.39, 0.29) is 16.7 Å². The molecule has 0 aromatic heterocycles. The maximum Gasteiger partial charge on any atom is 0.242 e. The number of nitrogens with two attached hydrogens (primary N) is 1. The lowest BCUT2D eigenvalue weighted by molar-refractivity contribution is 0.183. The van der Waals surface area contributed by atoms with Crippen LogP contribution in [0.1, 0.15) is 19.8 Å². The van der Waals surface area contributed by atoms with Crippen molar-refractivity contribution in [3.05, 3.63) is 18.2 Å². The van der Waals surface area contributed by atoms with Crippen molar-refractivity contribution in [2.45, 2.75) is 30.8 Å². The van der Waals surface area contributed by atoms with Crippen LogP contribution in [0.4, 0.5) is 11.4 Å². The molecule has 5 N–H and O–H groups in total. The number of aliphatic hydroxyl groups is 1. The Morgan fingerprint density at radius 2 is 2.11 bits per heavy atom. The molecule has 0 radical (unpaired) electrons. The highest BCUT2D eigenvalue weighted by atomic mass is 32.2. The summed E-state index contributed by atoms with van der Waals surface area (Å²) in [6.07, 6.45) is 1.23. The third-order valence-corrected chi connectivity index (χ3v) is 4.18. The lowest BCUT2D eigenvalue weighted by Crippen LogP contribution is -2.20. The van der Waals surface area contributed by atoms with Crippen molar-refractivity contribution in [2.24, 2.45) is 0 Å². The average Bonchev–Trinajstić information content (AvgIpc) is 2.34. The summed E-state index contributed by atoms with van der Waals surface area (Å²) in [6, 6.07) is 4.73. The molecular weight excluding hydrogens is 266 g/mol. The Kier molecular flexibility index (Phi) is 5.59. The number of benzene rings is 1. The van der Waals surface area contributed by atoms with E-state index in [0.717, 1.165) is 12.1 Å². The number of anilines is 2. The zero-order valence-electron chi connectivity index (χ0n) is 11.2. The molecule has 0 heterocycles. The molecule has 7 heteroatoms. The number of nitrogen functional groups attached to an aromatic ring is 1. The summed E-state index contributed by atoms with van der Waals surface area (Å²) in [5.74, 6) is 0. The first kappa shape index (κ1) is 15.7. The number of aliphatic hydroxyl groups excluding tert-OH is 1. The summed E-state index contributed by atoms with van der Waals surface area (Å²) in [5, 5.41) is 12.3. The van der Waals surface area contributed by atoms with Gasteiger partial charge >= 0.3 is 0 Å². The Bertz CT molecular complexity index is 515. The van der Waals surface area contributed by atoms with Crippen molar-refractivity contribution in [1.29, 1.82) is 0 Å². The van der Waals surface area contributed by atoms with Crippen molar-refractivity contribution in [3.63, 3.8) is 0 Å². The summed E-state index contributed by atoms with van der Waals surface area (Å²) in [4.78, 5) is 0.0736. The van der Waals surface area contributed by atoms with Gasteiger partial charge in [0.15, 0.2) is 0 Å². The van der Waals surface area contributed by atoms with Crippen LogP contribution in [0.15, 0.2) is 23.1 Å².